The quantitative estimate of drug-likeness (QED) is 0.541. The molecule has 5 nitrogen and oxygen atoms in total. The molecule has 2 aliphatic rings. The van der Waals surface area contributed by atoms with Crippen molar-refractivity contribution in [3.05, 3.63) is 42.2 Å². The Morgan fingerprint density at radius 3 is 2.78 bits per heavy atom. The molecule has 1 aromatic heterocycles. The first-order valence-corrected chi connectivity index (χ1v) is 10.1. The number of nitrogens with zero attached hydrogens (tertiary/aromatic N) is 2. The van der Waals surface area contributed by atoms with Crippen molar-refractivity contribution in [2.45, 2.75) is 51.0 Å². The number of allylic oxidation sites excluding steroid dienone is 1. The van der Waals surface area contributed by atoms with Crippen molar-refractivity contribution < 1.29 is 14.3 Å². The lowest BCUT2D eigenvalue weighted by Gasteiger charge is -2.26. The summed E-state index contributed by atoms with van der Waals surface area (Å²) in [5, 5.41) is 0. The molecule has 3 rings (SSSR count). The largest absolute Gasteiger partial charge is 0.469 e. The van der Waals surface area contributed by atoms with Gasteiger partial charge >= 0.3 is 5.97 Å². The molecule has 146 valence electrons. The normalized spacial score (nSPS) is 26.3. The number of esters is 1. The minimum Gasteiger partial charge on any atom is -0.469 e. The zero-order valence-electron chi connectivity index (χ0n) is 16.2. The SMILES string of the molecule is COC(=O)C1CCC(CC(=O)/C=C/CN2CCC[C@H]2c2cccnc2)CC1. The summed E-state index contributed by atoms with van der Waals surface area (Å²) >= 11 is 0. The zero-order valence-corrected chi connectivity index (χ0v) is 16.2. The van der Waals surface area contributed by atoms with E-state index in [1.807, 2.05) is 18.3 Å². The van der Waals surface area contributed by atoms with Crippen molar-refractivity contribution in [2.24, 2.45) is 11.8 Å². The van der Waals surface area contributed by atoms with Gasteiger partial charge in [-0.15, -0.1) is 0 Å². The van der Waals surface area contributed by atoms with Gasteiger partial charge in [0, 0.05) is 31.4 Å². The molecule has 2 fully saturated rings. The summed E-state index contributed by atoms with van der Waals surface area (Å²) in [4.78, 5) is 30.5. The van der Waals surface area contributed by atoms with E-state index in [0.29, 0.717) is 18.4 Å². The third kappa shape index (κ3) is 5.48. The molecule has 0 radical (unpaired) electrons. The average molecular weight is 370 g/mol. The van der Waals surface area contributed by atoms with Crippen molar-refractivity contribution in [1.82, 2.24) is 9.88 Å². The van der Waals surface area contributed by atoms with E-state index < -0.39 is 0 Å². The number of carbonyl (C=O) groups is 2. The Bertz CT molecular complexity index is 651. The summed E-state index contributed by atoms with van der Waals surface area (Å²) < 4.78 is 4.82. The monoisotopic (exact) mass is 370 g/mol. The molecule has 0 unspecified atom stereocenters. The number of rotatable bonds is 7. The number of likely N-dealkylation sites (tertiary alicyclic amines) is 1. The zero-order chi connectivity index (χ0) is 19.1. The third-order valence-electron chi connectivity index (χ3n) is 5.95. The number of ketones is 1. The Kier molecular flexibility index (Phi) is 7.16. The van der Waals surface area contributed by atoms with E-state index in [-0.39, 0.29) is 17.7 Å². The van der Waals surface area contributed by atoms with E-state index in [4.69, 9.17) is 4.74 Å². The minimum absolute atomic E-state index is 0.0245. The van der Waals surface area contributed by atoms with Gasteiger partial charge in [-0.05, 0) is 68.7 Å². The highest BCUT2D eigenvalue weighted by molar-refractivity contribution is 5.89. The van der Waals surface area contributed by atoms with Gasteiger partial charge in [0.05, 0.1) is 13.0 Å². The fraction of sp³-hybridized carbons (Fsp3) is 0.591. The van der Waals surface area contributed by atoms with Crippen LogP contribution in [0.5, 0.6) is 0 Å². The highest BCUT2D eigenvalue weighted by atomic mass is 16.5. The van der Waals surface area contributed by atoms with Crippen molar-refractivity contribution in [2.75, 3.05) is 20.2 Å². The van der Waals surface area contributed by atoms with Crippen LogP contribution in [0.15, 0.2) is 36.7 Å². The van der Waals surface area contributed by atoms with Crippen LogP contribution in [0.3, 0.4) is 0 Å². The van der Waals surface area contributed by atoms with Crippen molar-refractivity contribution >= 4 is 11.8 Å². The molecule has 0 amide bonds. The molecule has 1 saturated heterocycles. The molecule has 1 aliphatic heterocycles. The number of methoxy groups -OCH3 is 1. The van der Waals surface area contributed by atoms with Gasteiger partial charge < -0.3 is 4.74 Å². The number of hydrogen-bond acceptors (Lipinski definition) is 5. The second kappa shape index (κ2) is 9.79. The van der Waals surface area contributed by atoms with Crippen LogP contribution in [0.2, 0.25) is 0 Å². The van der Waals surface area contributed by atoms with Gasteiger partial charge in [0.2, 0.25) is 0 Å². The van der Waals surface area contributed by atoms with Gasteiger partial charge in [0.15, 0.2) is 5.78 Å². The van der Waals surface area contributed by atoms with Gasteiger partial charge in [0.1, 0.15) is 0 Å². The summed E-state index contributed by atoms with van der Waals surface area (Å²) in [7, 11) is 1.45. The van der Waals surface area contributed by atoms with Crippen molar-refractivity contribution in [3.8, 4) is 0 Å². The van der Waals surface area contributed by atoms with Crippen LogP contribution in [0.1, 0.15) is 56.6 Å². The van der Waals surface area contributed by atoms with Gasteiger partial charge in [-0.2, -0.15) is 0 Å². The molecule has 27 heavy (non-hydrogen) atoms. The lowest BCUT2D eigenvalue weighted by atomic mass is 9.80. The minimum atomic E-state index is -0.103. The number of aromatic nitrogens is 1. The molecule has 1 aromatic rings. The van der Waals surface area contributed by atoms with E-state index in [2.05, 4.69) is 16.0 Å². The van der Waals surface area contributed by atoms with Crippen LogP contribution in [0.4, 0.5) is 0 Å². The van der Waals surface area contributed by atoms with Gasteiger partial charge in [0.25, 0.3) is 0 Å². The first kappa shape index (κ1) is 19.7. The Morgan fingerprint density at radius 1 is 1.26 bits per heavy atom. The Labute approximate surface area is 161 Å². The first-order valence-electron chi connectivity index (χ1n) is 10.1. The van der Waals surface area contributed by atoms with Crippen LogP contribution in [0.25, 0.3) is 0 Å². The molecule has 1 aliphatic carbocycles. The molecule has 0 bridgehead atoms. The summed E-state index contributed by atoms with van der Waals surface area (Å²) in [5.74, 6) is 0.525. The summed E-state index contributed by atoms with van der Waals surface area (Å²) in [5.41, 5.74) is 1.26. The van der Waals surface area contributed by atoms with Crippen molar-refractivity contribution in [1.29, 1.82) is 0 Å². The van der Waals surface area contributed by atoms with Gasteiger partial charge in [-0.25, -0.2) is 0 Å². The van der Waals surface area contributed by atoms with Crippen LogP contribution in [0, 0.1) is 11.8 Å². The van der Waals surface area contributed by atoms with E-state index in [0.717, 1.165) is 45.2 Å². The fourth-order valence-corrected chi connectivity index (χ4v) is 4.44. The molecule has 0 spiro atoms. The summed E-state index contributed by atoms with van der Waals surface area (Å²) in [6.45, 7) is 1.87. The average Bonchev–Trinajstić information content (AvgIpc) is 3.17. The number of ether oxygens (including phenoxy) is 1. The second-order valence-corrected chi connectivity index (χ2v) is 7.75. The Hall–Kier alpha value is -2.01. The summed E-state index contributed by atoms with van der Waals surface area (Å²) in [6.07, 6.45) is 14.0. The van der Waals surface area contributed by atoms with Crippen LogP contribution >= 0.6 is 0 Å². The van der Waals surface area contributed by atoms with Gasteiger partial charge in [-0.1, -0.05) is 12.1 Å². The smallest absolute Gasteiger partial charge is 0.308 e. The number of hydrogen-bond donors (Lipinski definition) is 0. The first-order chi connectivity index (χ1) is 13.2. The Balaban J connectivity index is 1.42. The van der Waals surface area contributed by atoms with Crippen molar-refractivity contribution in [3.63, 3.8) is 0 Å². The number of pyridine rings is 1. The maximum absolute atomic E-state index is 12.3. The lowest BCUT2D eigenvalue weighted by Crippen LogP contribution is -2.24. The van der Waals surface area contributed by atoms with E-state index >= 15 is 0 Å². The van der Waals surface area contributed by atoms with Gasteiger partial charge in [-0.3, -0.25) is 19.5 Å². The Morgan fingerprint density at radius 2 is 2.07 bits per heavy atom. The molecule has 0 aromatic carbocycles. The maximum Gasteiger partial charge on any atom is 0.308 e. The summed E-state index contributed by atoms with van der Waals surface area (Å²) in [6, 6.07) is 4.53. The van der Waals surface area contributed by atoms with E-state index in [1.165, 1.54) is 19.1 Å². The molecular weight excluding hydrogens is 340 g/mol. The highest BCUT2D eigenvalue weighted by Gasteiger charge is 2.28. The fourth-order valence-electron chi connectivity index (χ4n) is 4.44. The van der Waals surface area contributed by atoms with E-state index in [1.54, 1.807) is 12.3 Å². The van der Waals surface area contributed by atoms with Crippen LogP contribution in [-0.4, -0.2) is 41.8 Å². The third-order valence-corrected chi connectivity index (χ3v) is 5.95. The molecule has 5 heteroatoms. The highest BCUT2D eigenvalue weighted by Crippen LogP contribution is 2.32. The topological polar surface area (TPSA) is 59.5 Å². The number of carbonyl (C=O) groups excluding carboxylic acids is 2. The predicted octanol–water partition coefficient (Wildman–Crippen LogP) is 3.71. The predicted molar refractivity (Wildman–Crippen MR) is 104 cm³/mol. The molecule has 2 heterocycles. The second-order valence-electron chi connectivity index (χ2n) is 7.75. The molecule has 0 N–H and O–H groups in total. The van der Waals surface area contributed by atoms with E-state index in [9.17, 15) is 9.59 Å². The standard InChI is InChI=1S/C22H30N2O3/c1-27-22(26)18-10-8-17(9-11-18)15-20(25)6-3-13-24-14-4-7-21(24)19-5-2-12-23-16-19/h2-3,5-6,12,16-18,21H,4,7-11,13-15H2,1H3/b6-3+/t17?,18?,21-/m0/s1. The van der Waals surface area contributed by atoms with Crippen LogP contribution in [-0.2, 0) is 14.3 Å². The molecule has 1 atom stereocenters. The maximum atomic E-state index is 12.3. The van der Waals surface area contributed by atoms with Crippen LogP contribution < -0.4 is 0 Å². The molecular formula is C22H30N2O3. The molecule has 1 saturated carbocycles. The lowest BCUT2D eigenvalue weighted by molar-refractivity contribution is -0.146.